The van der Waals surface area contributed by atoms with Crippen molar-refractivity contribution in [1.82, 2.24) is 15.1 Å². The highest BCUT2D eigenvalue weighted by molar-refractivity contribution is 7.98. The first-order valence-electron chi connectivity index (χ1n) is 10.4. The number of fused-ring (bicyclic) bond motifs is 1. The van der Waals surface area contributed by atoms with E-state index in [0.717, 1.165) is 64.7 Å². The van der Waals surface area contributed by atoms with Crippen molar-refractivity contribution in [3.63, 3.8) is 0 Å². The molecule has 3 amide bonds. The molecule has 0 aromatic heterocycles. The van der Waals surface area contributed by atoms with Gasteiger partial charge in [-0.3, -0.25) is 19.3 Å². The molecule has 0 aromatic rings. The topological polar surface area (TPSA) is 69.7 Å². The van der Waals surface area contributed by atoms with Crippen LogP contribution < -0.4 is 5.32 Å². The summed E-state index contributed by atoms with van der Waals surface area (Å²) < 4.78 is 0. The number of rotatable bonds is 4. The Bertz CT molecular complexity index is 592. The van der Waals surface area contributed by atoms with E-state index >= 15 is 0 Å². The minimum Gasteiger partial charge on any atom is -0.341 e. The average Bonchev–Trinajstić information content (AvgIpc) is 3.24. The quantitative estimate of drug-likeness (QED) is 0.691. The summed E-state index contributed by atoms with van der Waals surface area (Å²) in [5.41, 5.74) is 0.347. The zero-order valence-electron chi connectivity index (χ0n) is 16.7. The van der Waals surface area contributed by atoms with E-state index < -0.39 is 6.04 Å². The highest BCUT2D eigenvalue weighted by Gasteiger charge is 2.52. The van der Waals surface area contributed by atoms with Crippen LogP contribution in [-0.2, 0) is 14.4 Å². The predicted molar refractivity (Wildman–Crippen MR) is 112 cm³/mol. The van der Waals surface area contributed by atoms with Gasteiger partial charge in [-0.25, -0.2) is 0 Å². The van der Waals surface area contributed by atoms with E-state index in [0.29, 0.717) is 11.2 Å². The Labute approximate surface area is 177 Å². The number of thioether (sulfide) groups is 1. The number of likely N-dealkylation sites (tertiary alicyclic amines) is 2. The van der Waals surface area contributed by atoms with Crippen LogP contribution in [0.3, 0.4) is 0 Å². The largest absolute Gasteiger partial charge is 0.341 e. The lowest BCUT2D eigenvalue weighted by atomic mass is 9.78. The molecule has 4 rings (SSSR count). The first-order chi connectivity index (χ1) is 13.1. The minimum atomic E-state index is -0.624. The van der Waals surface area contributed by atoms with Crippen molar-refractivity contribution in [3.05, 3.63) is 0 Å². The Kier molecular flexibility index (Phi) is 6.98. The number of carbonyl (C=O) groups excluding carboxylic acids is 3. The summed E-state index contributed by atoms with van der Waals surface area (Å²) in [7, 11) is 0. The Balaban J connectivity index is 0.00000225. The lowest BCUT2D eigenvalue weighted by molar-refractivity contribution is -0.151. The van der Waals surface area contributed by atoms with E-state index in [1.165, 1.54) is 11.3 Å². The molecule has 158 valence electrons. The standard InChI is InChI=1S/C20H31N3O3S.ClH/c1-27-12-16(23-17(24)14-4-2-3-5-15(14)18(23)25)19(26)22-10-7-20(8-11-22)6-9-21-13-20;/h14-16,21H,2-13H2,1H3;1H. The molecule has 0 bridgehead atoms. The Morgan fingerprint density at radius 2 is 1.75 bits per heavy atom. The number of carbonyl (C=O) groups is 3. The first-order valence-corrected chi connectivity index (χ1v) is 11.8. The minimum absolute atomic E-state index is 0. The molecule has 0 radical (unpaired) electrons. The van der Waals surface area contributed by atoms with Crippen LogP contribution >= 0.6 is 24.2 Å². The molecule has 3 aliphatic heterocycles. The fraction of sp³-hybridized carbons (Fsp3) is 0.850. The van der Waals surface area contributed by atoms with Gasteiger partial charge >= 0.3 is 0 Å². The number of halogens is 1. The van der Waals surface area contributed by atoms with Crippen LogP contribution in [0.25, 0.3) is 0 Å². The van der Waals surface area contributed by atoms with Crippen LogP contribution in [0, 0.1) is 17.3 Å². The van der Waals surface area contributed by atoms with Gasteiger partial charge in [0.05, 0.1) is 11.8 Å². The molecule has 1 spiro atoms. The molecule has 3 atom stereocenters. The van der Waals surface area contributed by atoms with Gasteiger partial charge in [0.15, 0.2) is 0 Å². The van der Waals surface area contributed by atoms with E-state index in [1.807, 2.05) is 11.2 Å². The summed E-state index contributed by atoms with van der Waals surface area (Å²) in [5.74, 6) is -0.0734. The monoisotopic (exact) mass is 429 g/mol. The molecule has 6 nitrogen and oxygen atoms in total. The molecule has 1 aliphatic carbocycles. The van der Waals surface area contributed by atoms with Crippen molar-refractivity contribution in [2.24, 2.45) is 17.3 Å². The molecular formula is C20H32ClN3O3S. The highest BCUT2D eigenvalue weighted by atomic mass is 35.5. The van der Waals surface area contributed by atoms with Gasteiger partial charge in [0.25, 0.3) is 0 Å². The Morgan fingerprint density at radius 1 is 1.14 bits per heavy atom. The van der Waals surface area contributed by atoms with Crippen molar-refractivity contribution in [2.75, 3.05) is 38.2 Å². The SMILES string of the molecule is CSCC(C(=O)N1CCC2(CCNC2)CC1)N1C(=O)C2CCCCC2C1=O.Cl. The third-order valence-corrected chi connectivity index (χ3v) is 7.91. The van der Waals surface area contributed by atoms with E-state index in [2.05, 4.69) is 5.32 Å². The normalized spacial score (nSPS) is 30.3. The molecule has 3 unspecified atom stereocenters. The smallest absolute Gasteiger partial charge is 0.246 e. The lowest BCUT2D eigenvalue weighted by Gasteiger charge is -2.41. The number of nitrogens with one attached hydrogen (secondary N) is 1. The van der Waals surface area contributed by atoms with Gasteiger partial charge in [-0.05, 0) is 50.3 Å². The fourth-order valence-electron chi connectivity index (χ4n) is 5.54. The summed E-state index contributed by atoms with van der Waals surface area (Å²) in [5, 5.41) is 3.45. The van der Waals surface area contributed by atoms with Gasteiger partial charge in [0, 0.05) is 25.4 Å². The van der Waals surface area contributed by atoms with E-state index in [4.69, 9.17) is 0 Å². The highest BCUT2D eigenvalue weighted by Crippen LogP contribution is 2.40. The second kappa shape index (κ2) is 8.92. The maximum absolute atomic E-state index is 13.3. The molecule has 28 heavy (non-hydrogen) atoms. The predicted octanol–water partition coefficient (Wildman–Crippen LogP) is 1.92. The summed E-state index contributed by atoms with van der Waals surface area (Å²) in [6.07, 6.45) is 8.78. The van der Waals surface area contributed by atoms with Crippen LogP contribution in [0.15, 0.2) is 0 Å². The number of amides is 3. The van der Waals surface area contributed by atoms with Gasteiger partial charge in [-0.15, -0.1) is 12.4 Å². The Hall–Kier alpha value is -0.790. The first kappa shape index (κ1) is 21.9. The summed E-state index contributed by atoms with van der Waals surface area (Å²) in [6, 6.07) is -0.624. The maximum atomic E-state index is 13.3. The number of nitrogens with zero attached hydrogens (tertiary/aromatic N) is 2. The van der Waals surface area contributed by atoms with Crippen molar-refractivity contribution < 1.29 is 14.4 Å². The number of hydrogen-bond acceptors (Lipinski definition) is 5. The van der Waals surface area contributed by atoms with Gasteiger partial charge in [0.1, 0.15) is 6.04 Å². The molecule has 8 heteroatoms. The number of imide groups is 1. The molecule has 1 N–H and O–H groups in total. The van der Waals surface area contributed by atoms with Gasteiger partial charge in [0.2, 0.25) is 17.7 Å². The average molecular weight is 430 g/mol. The fourth-order valence-corrected chi connectivity index (χ4v) is 6.15. The summed E-state index contributed by atoms with van der Waals surface area (Å²) in [4.78, 5) is 42.5. The zero-order valence-corrected chi connectivity index (χ0v) is 18.3. The summed E-state index contributed by atoms with van der Waals surface area (Å²) >= 11 is 1.54. The number of hydrogen-bond donors (Lipinski definition) is 1. The van der Waals surface area contributed by atoms with Crippen LogP contribution in [0.2, 0.25) is 0 Å². The molecule has 3 saturated heterocycles. The summed E-state index contributed by atoms with van der Waals surface area (Å²) in [6.45, 7) is 3.61. The van der Waals surface area contributed by atoms with Crippen LogP contribution in [0.1, 0.15) is 44.9 Å². The second-order valence-electron chi connectivity index (χ2n) is 8.77. The molecule has 3 heterocycles. The zero-order chi connectivity index (χ0) is 19.0. The molecule has 1 saturated carbocycles. The third-order valence-electron chi connectivity index (χ3n) is 7.26. The van der Waals surface area contributed by atoms with Gasteiger partial charge < -0.3 is 10.2 Å². The molecule has 4 fully saturated rings. The van der Waals surface area contributed by atoms with Crippen molar-refractivity contribution in [2.45, 2.75) is 51.0 Å². The van der Waals surface area contributed by atoms with Crippen molar-refractivity contribution in [1.29, 1.82) is 0 Å². The van der Waals surface area contributed by atoms with Crippen molar-refractivity contribution in [3.8, 4) is 0 Å². The van der Waals surface area contributed by atoms with Crippen molar-refractivity contribution >= 4 is 41.9 Å². The van der Waals surface area contributed by atoms with E-state index in [9.17, 15) is 14.4 Å². The lowest BCUT2D eigenvalue weighted by Crippen LogP contribution is -2.55. The van der Waals surface area contributed by atoms with E-state index in [-0.39, 0.29) is 42.0 Å². The molecular weight excluding hydrogens is 398 g/mol. The van der Waals surface area contributed by atoms with Gasteiger partial charge in [-0.1, -0.05) is 12.8 Å². The van der Waals surface area contributed by atoms with E-state index in [1.54, 1.807) is 11.8 Å². The maximum Gasteiger partial charge on any atom is 0.246 e. The van der Waals surface area contributed by atoms with Crippen LogP contribution in [0.4, 0.5) is 0 Å². The molecule has 0 aromatic carbocycles. The second-order valence-corrected chi connectivity index (χ2v) is 9.68. The van der Waals surface area contributed by atoms with Crippen LogP contribution in [0.5, 0.6) is 0 Å². The third kappa shape index (κ3) is 3.82. The van der Waals surface area contributed by atoms with Crippen LogP contribution in [-0.4, -0.2) is 71.8 Å². The molecule has 4 aliphatic rings. The Morgan fingerprint density at radius 3 is 2.25 bits per heavy atom. The number of piperidine rings is 1. The van der Waals surface area contributed by atoms with Gasteiger partial charge in [-0.2, -0.15) is 11.8 Å².